The molecule has 59 heavy (non-hydrogen) atoms. The summed E-state index contributed by atoms with van der Waals surface area (Å²) in [7, 11) is 6.23. The number of hydrogen-bond acceptors (Lipinski definition) is 16. The van der Waals surface area contributed by atoms with E-state index in [0.29, 0.717) is 35.5 Å². The quantitative estimate of drug-likeness (QED) is 0.178. The van der Waals surface area contributed by atoms with Gasteiger partial charge in [0.25, 0.3) is 0 Å². The van der Waals surface area contributed by atoms with E-state index in [1.807, 2.05) is 18.0 Å². The lowest BCUT2D eigenvalue weighted by atomic mass is 10.0. The number of likely N-dealkylation sites (tertiary alicyclic amines) is 1. The summed E-state index contributed by atoms with van der Waals surface area (Å²) in [5.41, 5.74) is 1.01. The summed E-state index contributed by atoms with van der Waals surface area (Å²) < 4.78 is 34.1. The molecule has 0 unspecified atom stereocenters. The minimum absolute atomic E-state index is 0.0347. The predicted molar refractivity (Wildman–Crippen MR) is 205 cm³/mol. The van der Waals surface area contributed by atoms with Gasteiger partial charge in [-0.25, -0.2) is 24.4 Å². The summed E-state index contributed by atoms with van der Waals surface area (Å²) in [6.45, 7) is 3.66. The van der Waals surface area contributed by atoms with E-state index in [-0.39, 0.29) is 56.3 Å². The molecule has 1 aromatic carbocycles. The summed E-state index contributed by atoms with van der Waals surface area (Å²) in [6.07, 6.45) is -1.00. The Kier molecular flexibility index (Phi) is 14.6. The first-order valence-electron chi connectivity index (χ1n) is 18.9. The molecule has 0 spiro atoms. The number of nitriles is 1. The minimum Gasteiger partial charge on any atom is -0.467 e. The molecule has 20 nitrogen and oxygen atoms in total. The summed E-state index contributed by atoms with van der Waals surface area (Å²) in [6, 6.07) is 9.67. The zero-order valence-corrected chi connectivity index (χ0v) is 33.8. The van der Waals surface area contributed by atoms with Gasteiger partial charge in [-0.2, -0.15) is 5.26 Å². The van der Waals surface area contributed by atoms with Crippen molar-refractivity contribution in [2.24, 2.45) is 0 Å². The number of piperidine rings is 1. The summed E-state index contributed by atoms with van der Waals surface area (Å²) in [5.74, 6) is -1.38. The Balaban J connectivity index is 1.13. The van der Waals surface area contributed by atoms with Crippen LogP contribution in [0.25, 0.3) is 11.0 Å². The second kappa shape index (κ2) is 19.8. The Hall–Kier alpha value is -6.49. The minimum atomic E-state index is -1.33. The number of anilines is 1. The van der Waals surface area contributed by atoms with Crippen LogP contribution in [0.3, 0.4) is 0 Å². The Morgan fingerprint density at radius 2 is 1.68 bits per heavy atom. The molecule has 3 aromatic rings. The molecule has 0 radical (unpaired) electrons. The Labute approximate surface area is 340 Å². The van der Waals surface area contributed by atoms with Crippen LogP contribution in [0.5, 0.6) is 5.75 Å². The van der Waals surface area contributed by atoms with Gasteiger partial charge in [-0.3, -0.25) is 19.0 Å². The summed E-state index contributed by atoms with van der Waals surface area (Å²) in [5, 5.41) is 9.62. The molecule has 5 atom stereocenters. The van der Waals surface area contributed by atoms with Crippen LogP contribution in [0, 0.1) is 11.3 Å². The van der Waals surface area contributed by atoms with Crippen molar-refractivity contribution in [2.45, 2.75) is 76.8 Å². The highest BCUT2D eigenvalue weighted by Gasteiger charge is 2.47. The average molecular weight is 821 g/mol. The number of carbonyl (C=O) groups is 6. The molecular weight excluding hydrogens is 772 g/mol. The molecular formula is C39H48N8O12. The van der Waals surface area contributed by atoms with E-state index in [0.717, 1.165) is 12.8 Å². The van der Waals surface area contributed by atoms with E-state index < -0.39 is 48.6 Å². The van der Waals surface area contributed by atoms with Crippen LogP contribution in [-0.2, 0) is 49.5 Å². The number of likely N-dealkylation sites (N-methyl/N-ethyl adjacent to an activating group) is 3. The van der Waals surface area contributed by atoms with Crippen molar-refractivity contribution in [3.05, 3.63) is 48.4 Å². The molecule has 316 valence electrons. The lowest BCUT2D eigenvalue weighted by molar-refractivity contribution is -0.251. The highest BCUT2D eigenvalue weighted by Crippen LogP contribution is 2.30. The number of fused-ring (bicyclic) bond motifs is 1. The highest BCUT2D eigenvalue weighted by atomic mass is 16.7. The molecule has 2 aliphatic heterocycles. The maximum Gasteiger partial charge on any atom is 0.409 e. The largest absolute Gasteiger partial charge is 0.467 e. The van der Waals surface area contributed by atoms with E-state index >= 15 is 0 Å². The topological polar surface area (TPSA) is 225 Å². The molecule has 2 saturated heterocycles. The number of nitrogens with zero attached hydrogens (tertiary/aromatic N) is 8. The number of esters is 3. The SMILES string of the molecule is COC(=O)[C@@H]1C[C@H](OC(C)=O)[C@@H](OC(C)=O)[C@H](Oc2ccc(COC(=O)N(C)CCN(C)C(=O)n3ccc4c(N(C)[C@@H]5CCCN(C(=O)CC#N)C5)ncnc43)cc2)O1. The van der Waals surface area contributed by atoms with Crippen molar-refractivity contribution in [3.63, 3.8) is 0 Å². The van der Waals surface area contributed by atoms with Crippen molar-refractivity contribution >= 4 is 52.8 Å². The van der Waals surface area contributed by atoms with Crippen molar-refractivity contribution in [3.8, 4) is 11.8 Å². The number of hydrogen-bond donors (Lipinski definition) is 0. The Bertz CT molecular complexity index is 2050. The van der Waals surface area contributed by atoms with Crippen LogP contribution in [0.15, 0.2) is 42.9 Å². The molecule has 5 rings (SSSR count). The van der Waals surface area contributed by atoms with E-state index in [1.54, 1.807) is 55.5 Å². The standard InChI is InChI=1S/C39H48N8O12/c1-24(48)56-30-20-31(36(51)54-6)59-37(33(30)57-25(2)49)58-28-11-9-26(10-12-28)22-55-39(53)44(4)19-18-43(3)38(52)47-17-14-29-34(41-23-42-35(29)47)45(5)27-8-7-16-46(21-27)32(50)13-15-40/h9-12,14,17,23,27,30-31,33,37H,7-8,13,16,18-22H2,1-6H3/t27-,30+,31+,33-,37-/m1/s1. The molecule has 3 amide bonds. The van der Waals surface area contributed by atoms with Crippen LogP contribution in [0.1, 0.15) is 45.1 Å². The number of amides is 3. The van der Waals surface area contributed by atoms with Crippen molar-refractivity contribution < 1.29 is 57.2 Å². The van der Waals surface area contributed by atoms with Crippen LogP contribution >= 0.6 is 0 Å². The van der Waals surface area contributed by atoms with Gasteiger partial charge in [-0.05, 0) is 36.6 Å². The molecule has 20 heteroatoms. The van der Waals surface area contributed by atoms with Gasteiger partial charge >= 0.3 is 30.0 Å². The maximum absolute atomic E-state index is 13.5. The fourth-order valence-corrected chi connectivity index (χ4v) is 6.79. The van der Waals surface area contributed by atoms with Crippen molar-refractivity contribution in [1.29, 1.82) is 5.26 Å². The zero-order valence-electron chi connectivity index (χ0n) is 33.8. The molecule has 4 heterocycles. The van der Waals surface area contributed by atoms with Gasteiger partial charge in [-0.1, -0.05) is 12.1 Å². The number of aromatic nitrogens is 3. The van der Waals surface area contributed by atoms with Crippen LogP contribution in [0.4, 0.5) is 15.4 Å². The molecule has 0 saturated carbocycles. The van der Waals surface area contributed by atoms with Crippen molar-refractivity contribution in [2.75, 3.05) is 59.3 Å². The number of rotatable bonds is 13. The second-order valence-electron chi connectivity index (χ2n) is 14.1. The zero-order chi connectivity index (χ0) is 42.8. The molecule has 0 N–H and O–H groups in total. The molecule has 0 bridgehead atoms. The fourth-order valence-electron chi connectivity index (χ4n) is 6.79. The van der Waals surface area contributed by atoms with Crippen molar-refractivity contribution in [1.82, 2.24) is 29.2 Å². The molecule has 2 aromatic heterocycles. The highest BCUT2D eigenvalue weighted by molar-refractivity contribution is 5.95. The lowest BCUT2D eigenvalue weighted by Crippen LogP contribution is -2.55. The smallest absolute Gasteiger partial charge is 0.409 e. The third-order valence-corrected chi connectivity index (χ3v) is 9.94. The van der Waals surface area contributed by atoms with Gasteiger partial charge < -0.3 is 48.0 Å². The first-order valence-corrected chi connectivity index (χ1v) is 18.9. The van der Waals surface area contributed by atoms with E-state index in [2.05, 4.69) is 9.97 Å². The predicted octanol–water partition coefficient (Wildman–Crippen LogP) is 2.47. The third kappa shape index (κ3) is 10.9. The first kappa shape index (κ1) is 43.6. The van der Waals surface area contributed by atoms with E-state index in [1.165, 1.54) is 41.7 Å². The normalized spacial score (nSPS) is 20.1. The third-order valence-electron chi connectivity index (χ3n) is 9.94. The van der Waals surface area contributed by atoms with E-state index in [4.69, 9.17) is 33.7 Å². The Morgan fingerprint density at radius 3 is 2.36 bits per heavy atom. The van der Waals surface area contributed by atoms with Gasteiger partial charge in [0.2, 0.25) is 18.3 Å². The lowest BCUT2D eigenvalue weighted by Gasteiger charge is -2.39. The van der Waals surface area contributed by atoms with Gasteiger partial charge in [0.05, 0.1) is 18.6 Å². The fraction of sp³-hybridized carbons (Fsp3) is 0.513. The van der Waals surface area contributed by atoms with Gasteiger partial charge in [0, 0.05) is 79.8 Å². The number of ether oxygens (including phenoxy) is 6. The average Bonchev–Trinajstić information content (AvgIpc) is 3.66. The Morgan fingerprint density at radius 1 is 0.966 bits per heavy atom. The molecule has 2 fully saturated rings. The number of methoxy groups -OCH3 is 1. The van der Waals surface area contributed by atoms with Gasteiger partial charge in [-0.15, -0.1) is 0 Å². The first-order chi connectivity index (χ1) is 28.2. The molecule has 2 aliphatic rings. The van der Waals surface area contributed by atoms with E-state index in [9.17, 15) is 28.8 Å². The number of benzene rings is 1. The van der Waals surface area contributed by atoms with Gasteiger partial charge in [0.1, 0.15) is 37.0 Å². The molecule has 0 aliphatic carbocycles. The van der Waals surface area contributed by atoms with Crippen LogP contribution < -0.4 is 9.64 Å². The van der Waals surface area contributed by atoms with Crippen LogP contribution in [0.2, 0.25) is 0 Å². The monoisotopic (exact) mass is 820 g/mol. The second-order valence-corrected chi connectivity index (χ2v) is 14.1. The number of carbonyl (C=O) groups excluding carboxylic acids is 6. The van der Waals surface area contributed by atoms with Crippen LogP contribution in [-0.4, -0.2) is 150 Å². The summed E-state index contributed by atoms with van der Waals surface area (Å²) in [4.78, 5) is 90.1. The summed E-state index contributed by atoms with van der Waals surface area (Å²) >= 11 is 0. The van der Waals surface area contributed by atoms with Gasteiger partial charge in [0.15, 0.2) is 11.8 Å². The maximum atomic E-state index is 13.5.